The van der Waals surface area contributed by atoms with Gasteiger partial charge in [0.25, 0.3) is 0 Å². The van der Waals surface area contributed by atoms with Gasteiger partial charge >= 0.3 is 12.3 Å². The first-order valence-corrected chi connectivity index (χ1v) is 3.66. The molecule has 0 aliphatic carbocycles. The van der Waals surface area contributed by atoms with Crippen molar-refractivity contribution in [2.24, 2.45) is 0 Å². The molecule has 0 fully saturated rings. The van der Waals surface area contributed by atoms with Crippen molar-refractivity contribution in [1.82, 2.24) is 15.0 Å². The average Bonchev–Trinajstić information content (AvgIpc) is 2.35. The van der Waals surface area contributed by atoms with E-state index in [0.29, 0.717) is 4.68 Å². The van der Waals surface area contributed by atoms with Crippen molar-refractivity contribution in [2.45, 2.75) is 25.8 Å². The highest BCUT2D eigenvalue weighted by Gasteiger charge is 2.41. The van der Waals surface area contributed by atoms with Crippen molar-refractivity contribution in [3.05, 3.63) is 5.69 Å². The predicted molar refractivity (Wildman–Crippen MR) is 40.1 cm³/mol. The first kappa shape index (κ1) is 10.7. The molecule has 0 spiro atoms. The number of nitrogen functional groups attached to an aromatic ring is 1. The van der Waals surface area contributed by atoms with Crippen molar-refractivity contribution < 1.29 is 17.6 Å². The fraction of sp³-hybridized carbons (Fsp3) is 0.667. The van der Waals surface area contributed by atoms with Crippen LogP contribution in [0.4, 0.5) is 23.4 Å². The molecule has 4 nitrogen and oxygen atoms in total. The number of rotatable bonds is 3. The van der Waals surface area contributed by atoms with Crippen molar-refractivity contribution in [1.29, 1.82) is 0 Å². The van der Waals surface area contributed by atoms with E-state index in [9.17, 15) is 17.6 Å². The SMILES string of the molecule is Cc1c(N)nnn1CC(F)(F)C(F)F. The summed E-state index contributed by atoms with van der Waals surface area (Å²) in [5.41, 5.74) is 5.35. The molecular weight excluding hydrogens is 204 g/mol. The fourth-order valence-electron chi connectivity index (χ4n) is 0.793. The van der Waals surface area contributed by atoms with Crippen LogP contribution in [0.5, 0.6) is 0 Å². The van der Waals surface area contributed by atoms with Crippen molar-refractivity contribution >= 4 is 5.82 Å². The number of alkyl halides is 4. The zero-order valence-corrected chi connectivity index (χ0v) is 7.22. The van der Waals surface area contributed by atoms with Crippen molar-refractivity contribution in [2.75, 3.05) is 5.73 Å². The quantitative estimate of drug-likeness (QED) is 0.762. The lowest BCUT2D eigenvalue weighted by Crippen LogP contribution is -2.33. The molecule has 0 saturated carbocycles. The average molecular weight is 212 g/mol. The molecule has 0 atom stereocenters. The Morgan fingerprint density at radius 3 is 2.43 bits per heavy atom. The molecule has 0 bridgehead atoms. The zero-order chi connectivity index (χ0) is 10.9. The molecule has 0 aliphatic rings. The normalized spacial score (nSPS) is 12.4. The van der Waals surface area contributed by atoms with E-state index in [-0.39, 0.29) is 11.5 Å². The Hall–Kier alpha value is -1.34. The third-order valence-corrected chi connectivity index (χ3v) is 1.70. The van der Waals surface area contributed by atoms with Gasteiger partial charge in [0.05, 0.1) is 5.69 Å². The number of aromatic nitrogens is 3. The maximum atomic E-state index is 12.5. The number of halogens is 4. The van der Waals surface area contributed by atoms with Crippen molar-refractivity contribution in [3.8, 4) is 0 Å². The molecule has 8 heteroatoms. The molecule has 0 amide bonds. The van der Waals surface area contributed by atoms with Crippen LogP contribution in [0.1, 0.15) is 5.69 Å². The van der Waals surface area contributed by atoms with Gasteiger partial charge in [-0.1, -0.05) is 5.21 Å². The van der Waals surface area contributed by atoms with E-state index in [1.165, 1.54) is 6.92 Å². The summed E-state index contributed by atoms with van der Waals surface area (Å²) in [6.07, 6.45) is -3.73. The lowest BCUT2D eigenvalue weighted by molar-refractivity contribution is -0.139. The summed E-state index contributed by atoms with van der Waals surface area (Å²) >= 11 is 0. The van der Waals surface area contributed by atoms with Gasteiger partial charge in [0, 0.05) is 0 Å². The summed E-state index contributed by atoms with van der Waals surface area (Å²) in [6, 6.07) is 0. The third-order valence-electron chi connectivity index (χ3n) is 1.70. The fourth-order valence-corrected chi connectivity index (χ4v) is 0.793. The summed E-state index contributed by atoms with van der Waals surface area (Å²) in [4.78, 5) is 0. The van der Waals surface area contributed by atoms with Gasteiger partial charge in [-0.25, -0.2) is 13.5 Å². The van der Waals surface area contributed by atoms with Gasteiger partial charge < -0.3 is 5.73 Å². The van der Waals surface area contributed by atoms with E-state index < -0.39 is 18.9 Å². The van der Waals surface area contributed by atoms with Crippen LogP contribution < -0.4 is 5.73 Å². The van der Waals surface area contributed by atoms with Gasteiger partial charge in [-0.2, -0.15) is 8.78 Å². The van der Waals surface area contributed by atoms with Crippen LogP contribution in [-0.4, -0.2) is 27.3 Å². The van der Waals surface area contributed by atoms with Crippen LogP contribution in [0.25, 0.3) is 0 Å². The molecule has 80 valence electrons. The van der Waals surface area contributed by atoms with Crippen LogP contribution in [0.3, 0.4) is 0 Å². The number of hydrogen-bond acceptors (Lipinski definition) is 3. The summed E-state index contributed by atoms with van der Waals surface area (Å²) in [6.45, 7) is 0.150. The number of hydrogen-bond donors (Lipinski definition) is 1. The second kappa shape index (κ2) is 3.43. The standard InChI is InChI=1S/C6H8F4N4/c1-3-4(11)12-13-14(3)2-6(9,10)5(7)8/h5H,2,11H2,1H3. The maximum Gasteiger partial charge on any atom is 0.326 e. The summed E-state index contributed by atoms with van der Waals surface area (Å²) < 4.78 is 49.3. The molecular formula is C6H8F4N4. The van der Waals surface area contributed by atoms with Crippen LogP contribution in [0, 0.1) is 6.92 Å². The topological polar surface area (TPSA) is 56.7 Å². The lowest BCUT2D eigenvalue weighted by atomic mass is 10.3. The molecule has 0 aromatic carbocycles. The Morgan fingerprint density at radius 1 is 1.50 bits per heavy atom. The maximum absolute atomic E-state index is 12.5. The summed E-state index contributed by atoms with van der Waals surface area (Å²) in [7, 11) is 0. The van der Waals surface area contributed by atoms with E-state index in [2.05, 4.69) is 10.3 Å². The summed E-state index contributed by atoms with van der Waals surface area (Å²) in [5.74, 6) is -4.17. The predicted octanol–water partition coefficient (Wildman–Crippen LogP) is 1.07. The molecule has 0 radical (unpaired) electrons. The number of nitrogens with two attached hydrogens (primary N) is 1. The van der Waals surface area contributed by atoms with Crippen LogP contribution in [-0.2, 0) is 6.54 Å². The highest BCUT2D eigenvalue weighted by molar-refractivity contribution is 5.31. The Labute approximate surface area is 76.7 Å². The van der Waals surface area contributed by atoms with E-state index in [1.807, 2.05) is 0 Å². The number of nitrogens with zero attached hydrogens (tertiary/aromatic N) is 3. The highest BCUT2D eigenvalue weighted by atomic mass is 19.3. The van der Waals surface area contributed by atoms with Gasteiger partial charge in [-0.3, -0.25) is 0 Å². The Balaban J connectivity index is 2.84. The van der Waals surface area contributed by atoms with E-state index >= 15 is 0 Å². The Kier molecular flexibility index (Phi) is 2.63. The van der Waals surface area contributed by atoms with E-state index in [1.54, 1.807) is 0 Å². The van der Waals surface area contributed by atoms with Gasteiger partial charge in [0.2, 0.25) is 0 Å². The third kappa shape index (κ3) is 1.94. The monoisotopic (exact) mass is 212 g/mol. The first-order valence-electron chi connectivity index (χ1n) is 3.66. The van der Waals surface area contributed by atoms with Crippen LogP contribution >= 0.6 is 0 Å². The Morgan fingerprint density at radius 2 is 2.07 bits per heavy atom. The van der Waals surface area contributed by atoms with Gasteiger partial charge in [0.1, 0.15) is 6.54 Å². The highest BCUT2D eigenvalue weighted by Crippen LogP contribution is 2.25. The second-order valence-electron chi connectivity index (χ2n) is 2.78. The minimum atomic E-state index is -4.12. The van der Waals surface area contributed by atoms with Gasteiger partial charge in [-0.05, 0) is 6.92 Å². The van der Waals surface area contributed by atoms with Gasteiger partial charge in [0.15, 0.2) is 5.82 Å². The smallest absolute Gasteiger partial charge is 0.326 e. The molecule has 0 aliphatic heterocycles. The molecule has 0 saturated heterocycles. The van der Waals surface area contributed by atoms with Crippen LogP contribution in [0.15, 0.2) is 0 Å². The molecule has 1 aromatic rings. The molecule has 14 heavy (non-hydrogen) atoms. The molecule has 1 rings (SSSR count). The van der Waals surface area contributed by atoms with E-state index in [4.69, 9.17) is 5.73 Å². The van der Waals surface area contributed by atoms with E-state index in [0.717, 1.165) is 0 Å². The second-order valence-corrected chi connectivity index (χ2v) is 2.78. The lowest BCUT2D eigenvalue weighted by Gasteiger charge is -2.15. The largest absolute Gasteiger partial charge is 0.381 e. The Bertz CT molecular complexity index is 322. The molecule has 1 heterocycles. The van der Waals surface area contributed by atoms with Crippen LogP contribution in [0.2, 0.25) is 0 Å². The number of anilines is 1. The molecule has 2 N–H and O–H groups in total. The molecule has 0 unspecified atom stereocenters. The van der Waals surface area contributed by atoms with Gasteiger partial charge in [-0.15, -0.1) is 5.10 Å². The minimum Gasteiger partial charge on any atom is -0.381 e. The summed E-state index contributed by atoms with van der Waals surface area (Å²) in [5, 5.41) is 6.48. The molecule has 1 aromatic heterocycles. The van der Waals surface area contributed by atoms with Crippen molar-refractivity contribution in [3.63, 3.8) is 0 Å². The first-order chi connectivity index (χ1) is 6.34. The minimum absolute atomic E-state index is 0.0462. The zero-order valence-electron chi connectivity index (χ0n) is 7.22.